The standard InChI is InChI=1S/C17H14ClN5O/c18-13-14(11-7-3-1-4-8-11)23(16(13)24)22-17-19-15(20-21-17)12-9-5-2-6-10-12/h1-10,13-15H,(H,19,22). The minimum atomic E-state index is -0.594. The molecule has 7 heteroatoms. The molecule has 1 N–H and O–H groups in total. The molecule has 2 aromatic carbocycles. The van der Waals surface area contributed by atoms with Crippen LogP contribution in [0, 0.1) is 0 Å². The molecule has 1 amide bonds. The molecule has 2 heterocycles. The van der Waals surface area contributed by atoms with E-state index in [0.29, 0.717) is 5.96 Å². The van der Waals surface area contributed by atoms with Gasteiger partial charge in [-0.05, 0) is 5.56 Å². The third kappa shape index (κ3) is 2.55. The van der Waals surface area contributed by atoms with Crippen LogP contribution in [0.2, 0.25) is 0 Å². The molecule has 0 saturated carbocycles. The zero-order chi connectivity index (χ0) is 16.5. The molecule has 3 atom stereocenters. The fourth-order valence-electron chi connectivity index (χ4n) is 2.75. The molecule has 0 spiro atoms. The highest BCUT2D eigenvalue weighted by Gasteiger charge is 2.48. The van der Waals surface area contributed by atoms with Gasteiger partial charge in [-0.2, -0.15) is 5.11 Å². The predicted molar refractivity (Wildman–Crippen MR) is 90.3 cm³/mol. The summed E-state index contributed by atoms with van der Waals surface area (Å²) >= 11 is 6.18. The maximum atomic E-state index is 12.1. The molecule has 3 unspecified atom stereocenters. The Morgan fingerprint density at radius 2 is 1.58 bits per heavy atom. The Morgan fingerprint density at radius 1 is 0.958 bits per heavy atom. The number of hydrazine groups is 1. The van der Waals surface area contributed by atoms with Gasteiger partial charge in [0, 0.05) is 5.56 Å². The first-order valence-electron chi connectivity index (χ1n) is 7.56. The van der Waals surface area contributed by atoms with Crippen LogP contribution < -0.4 is 5.43 Å². The van der Waals surface area contributed by atoms with Crippen LogP contribution in [-0.2, 0) is 4.79 Å². The summed E-state index contributed by atoms with van der Waals surface area (Å²) in [7, 11) is 0. The van der Waals surface area contributed by atoms with Crippen molar-refractivity contribution in [1.82, 2.24) is 10.4 Å². The van der Waals surface area contributed by atoms with Crippen molar-refractivity contribution in [2.24, 2.45) is 15.2 Å². The summed E-state index contributed by atoms with van der Waals surface area (Å²) in [6, 6.07) is 19.0. The molecule has 0 radical (unpaired) electrons. The summed E-state index contributed by atoms with van der Waals surface area (Å²) in [6.45, 7) is 0. The van der Waals surface area contributed by atoms with E-state index in [1.165, 1.54) is 5.01 Å². The number of halogens is 1. The number of β-lactam (4-membered cyclic amide) rings is 1. The molecular formula is C17H14ClN5O. The molecule has 1 saturated heterocycles. The van der Waals surface area contributed by atoms with Crippen LogP contribution in [0.4, 0.5) is 0 Å². The van der Waals surface area contributed by atoms with Crippen molar-refractivity contribution in [2.75, 3.05) is 0 Å². The van der Waals surface area contributed by atoms with Crippen molar-refractivity contribution >= 4 is 23.5 Å². The van der Waals surface area contributed by atoms with E-state index >= 15 is 0 Å². The zero-order valence-corrected chi connectivity index (χ0v) is 13.3. The fraction of sp³-hybridized carbons (Fsp3) is 0.176. The summed E-state index contributed by atoms with van der Waals surface area (Å²) < 4.78 is 0. The van der Waals surface area contributed by atoms with Crippen LogP contribution in [0.1, 0.15) is 23.3 Å². The number of alkyl halides is 1. The van der Waals surface area contributed by atoms with Crippen molar-refractivity contribution < 1.29 is 4.79 Å². The lowest BCUT2D eigenvalue weighted by molar-refractivity contribution is -0.148. The first-order valence-corrected chi connectivity index (χ1v) is 8.00. The number of carbonyl (C=O) groups is 1. The van der Waals surface area contributed by atoms with Gasteiger partial charge in [0.1, 0.15) is 11.4 Å². The molecular weight excluding hydrogens is 326 g/mol. The number of carbonyl (C=O) groups excluding carboxylic acids is 1. The SMILES string of the molecule is O=C1C(Cl)C(c2ccccc2)N1NC1=NC(c2ccccc2)N=N1. The van der Waals surface area contributed by atoms with E-state index < -0.39 is 5.38 Å². The molecule has 2 aliphatic rings. The van der Waals surface area contributed by atoms with E-state index in [2.05, 4.69) is 20.6 Å². The second-order valence-electron chi connectivity index (χ2n) is 5.53. The van der Waals surface area contributed by atoms with Crippen molar-refractivity contribution in [3.63, 3.8) is 0 Å². The van der Waals surface area contributed by atoms with Crippen molar-refractivity contribution in [1.29, 1.82) is 0 Å². The van der Waals surface area contributed by atoms with E-state index in [1.807, 2.05) is 60.7 Å². The summed E-state index contributed by atoms with van der Waals surface area (Å²) in [5.74, 6) is 0.105. The minimum absolute atomic E-state index is 0.202. The Labute approximate surface area is 143 Å². The lowest BCUT2D eigenvalue weighted by Gasteiger charge is -2.43. The summed E-state index contributed by atoms with van der Waals surface area (Å²) in [5.41, 5.74) is 4.84. The number of rotatable bonds is 3. The normalized spacial score (nSPS) is 25.4. The number of benzene rings is 2. The van der Waals surface area contributed by atoms with Gasteiger partial charge in [0.25, 0.3) is 11.9 Å². The molecule has 120 valence electrons. The minimum Gasteiger partial charge on any atom is -0.271 e. The molecule has 0 bridgehead atoms. The summed E-state index contributed by atoms with van der Waals surface area (Å²) in [5, 5.41) is 9.02. The van der Waals surface area contributed by atoms with Gasteiger partial charge in [0.2, 0.25) is 0 Å². The first-order chi connectivity index (χ1) is 11.7. The average molecular weight is 340 g/mol. The molecule has 2 aliphatic heterocycles. The van der Waals surface area contributed by atoms with Crippen LogP contribution in [0.25, 0.3) is 0 Å². The lowest BCUT2D eigenvalue weighted by Crippen LogP contribution is -2.62. The van der Waals surface area contributed by atoms with Crippen molar-refractivity contribution in [2.45, 2.75) is 17.6 Å². The van der Waals surface area contributed by atoms with E-state index in [4.69, 9.17) is 11.6 Å². The number of hydrogen-bond acceptors (Lipinski definition) is 5. The average Bonchev–Trinajstić information content (AvgIpc) is 3.11. The highest BCUT2D eigenvalue weighted by molar-refractivity contribution is 6.33. The fourth-order valence-corrected chi connectivity index (χ4v) is 3.11. The molecule has 6 nitrogen and oxygen atoms in total. The van der Waals surface area contributed by atoms with E-state index in [-0.39, 0.29) is 18.1 Å². The van der Waals surface area contributed by atoms with Gasteiger partial charge in [-0.1, -0.05) is 60.7 Å². The third-order valence-electron chi connectivity index (χ3n) is 3.99. The monoisotopic (exact) mass is 339 g/mol. The molecule has 1 fully saturated rings. The number of azo groups is 1. The van der Waals surface area contributed by atoms with Gasteiger partial charge >= 0.3 is 0 Å². The van der Waals surface area contributed by atoms with Crippen LogP contribution >= 0.6 is 11.6 Å². The molecule has 2 aromatic rings. The Balaban J connectivity index is 1.51. The van der Waals surface area contributed by atoms with E-state index in [1.54, 1.807) is 0 Å². The maximum Gasteiger partial charge on any atom is 0.262 e. The molecule has 24 heavy (non-hydrogen) atoms. The van der Waals surface area contributed by atoms with Crippen LogP contribution in [0.3, 0.4) is 0 Å². The third-order valence-corrected chi connectivity index (χ3v) is 4.42. The van der Waals surface area contributed by atoms with Gasteiger partial charge in [0.15, 0.2) is 6.17 Å². The van der Waals surface area contributed by atoms with E-state index in [0.717, 1.165) is 11.1 Å². The van der Waals surface area contributed by atoms with Crippen molar-refractivity contribution in [3.8, 4) is 0 Å². The van der Waals surface area contributed by atoms with E-state index in [9.17, 15) is 4.79 Å². The Bertz CT molecular complexity index is 808. The Hall–Kier alpha value is -2.73. The Kier molecular flexibility index (Phi) is 3.74. The first kappa shape index (κ1) is 14.8. The van der Waals surface area contributed by atoms with Gasteiger partial charge in [-0.3, -0.25) is 10.2 Å². The second-order valence-corrected chi connectivity index (χ2v) is 6.00. The largest absolute Gasteiger partial charge is 0.271 e. The van der Waals surface area contributed by atoms with Gasteiger partial charge in [0.05, 0.1) is 0 Å². The topological polar surface area (TPSA) is 69.4 Å². The molecule has 4 rings (SSSR count). The van der Waals surface area contributed by atoms with Gasteiger partial charge in [-0.25, -0.2) is 10.0 Å². The summed E-state index contributed by atoms with van der Waals surface area (Å²) in [4.78, 5) is 16.5. The number of amides is 1. The van der Waals surface area contributed by atoms with Crippen LogP contribution in [0.15, 0.2) is 75.9 Å². The van der Waals surface area contributed by atoms with Gasteiger partial charge < -0.3 is 0 Å². The number of nitrogens with one attached hydrogen (secondary N) is 1. The summed E-state index contributed by atoms with van der Waals surface area (Å²) in [6.07, 6.45) is -0.382. The zero-order valence-electron chi connectivity index (χ0n) is 12.6. The smallest absolute Gasteiger partial charge is 0.262 e. The number of guanidine groups is 1. The lowest BCUT2D eigenvalue weighted by atomic mass is 9.95. The van der Waals surface area contributed by atoms with Crippen LogP contribution in [0.5, 0.6) is 0 Å². The van der Waals surface area contributed by atoms with Gasteiger partial charge in [-0.15, -0.1) is 16.7 Å². The quantitative estimate of drug-likeness (QED) is 0.689. The molecule has 0 aromatic heterocycles. The highest BCUT2D eigenvalue weighted by Crippen LogP contribution is 2.37. The van der Waals surface area contributed by atoms with Crippen molar-refractivity contribution in [3.05, 3.63) is 71.8 Å². The molecule has 0 aliphatic carbocycles. The maximum absolute atomic E-state index is 12.1. The number of nitrogens with zero attached hydrogens (tertiary/aromatic N) is 4. The predicted octanol–water partition coefficient (Wildman–Crippen LogP) is 3.20. The number of hydrogen-bond donors (Lipinski definition) is 1. The highest BCUT2D eigenvalue weighted by atomic mass is 35.5. The number of aliphatic imine (C=N–C) groups is 1. The van der Waals surface area contributed by atoms with Crippen LogP contribution in [-0.4, -0.2) is 22.3 Å². The Morgan fingerprint density at radius 3 is 2.25 bits per heavy atom. The second kappa shape index (κ2) is 6.05.